The summed E-state index contributed by atoms with van der Waals surface area (Å²) >= 11 is 0. The monoisotopic (exact) mass is 291 g/mol. The van der Waals surface area contributed by atoms with Gasteiger partial charge in [-0.25, -0.2) is 8.78 Å². The van der Waals surface area contributed by atoms with Crippen LogP contribution in [0.4, 0.5) is 8.78 Å². The van der Waals surface area contributed by atoms with Gasteiger partial charge in [0.25, 0.3) is 0 Å². The number of amides is 1. The van der Waals surface area contributed by atoms with Gasteiger partial charge in [0.2, 0.25) is 5.91 Å². The van der Waals surface area contributed by atoms with Crippen LogP contribution in [0.3, 0.4) is 0 Å². The van der Waals surface area contributed by atoms with Gasteiger partial charge >= 0.3 is 0 Å². The van der Waals surface area contributed by atoms with Crippen molar-refractivity contribution in [1.29, 1.82) is 0 Å². The molecule has 0 N–H and O–H groups in total. The van der Waals surface area contributed by atoms with E-state index >= 15 is 0 Å². The van der Waals surface area contributed by atoms with E-state index in [9.17, 15) is 13.6 Å². The van der Waals surface area contributed by atoms with Crippen molar-refractivity contribution >= 4 is 5.91 Å². The van der Waals surface area contributed by atoms with Gasteiger partial charge in [-0.15, -0.1) is 0 Å². The highest BCUT2D eigenvalue weighted by Crippen LogP contribution is 2.31. The maximum Gasteiger partial charge on any atom is 0.223 e. The zero-order valence-corrected chi connectivity index (χ0v) is 11.9. The maximum absolute atomic E-state index is 13.8. The zero-order chi connectivity index (χ0) is 14.8. The van der Waals surface area contributed by atoms with Crippen LogP contribution in [0.1, 0.15) is 37.7 Å². The molecule has 1 unspecified atom stereocenters. The standard InChI is InChI=1S/C17H19F2NO/c18-14-6-5-13(16(19)10-14)11-20(15-7-8-15)17(21)9-12-3-1-2-4-12/h1,3,5-6,10,12,15H,2,4,7-9,11H2. The van der Waals surface area contributed by atoms with Crippen molar-refractivity contribution in [2.45, 2.75) is 44.7 Å². The van der Waals surface area contributed by atoms with Crippen molar-refractivity contribution in [2.24, 2.45) is 5.92 Å². The summed E-state index contributed by atoms with van der Waals surface area (Å²) in [5, 5.41) is 0. The highest BCUT2D eigenvalue weighted by atomic mass is 19.1. The maximum atomic E-state index is 13.8. The first kappa shape index (κ1) is 14.2. The molecule has 21 heavy (non-hydrogen) atoms. The Morgan fingerprint density at radius 1 is 1.24 bits per heavy atom. The Balaban J connectivity index is 1.69. The Morgan fingerprint density at radius 2 is 2.05 bits per heavy atom. The molecule has 2 aliphatic carbocycles. The van der Waals surface area contributed by atoms with E-state index in [2.05, 4.69) is 12.2 Å². The average molecular weight is 291 g/mol. The number of rotatable bonds is 5. The van der Waals surface area contributed by atoms with E-state index in [1.165, 1.54) is 12.1 Å². The van der Waals surface area contributed by atoms with Crippen molar-refractivity contribution in [3.63, 3.8) is 0 Å². The second-order valence-corrected chi connectivity index (χ2v) is 5.96. The van der Waals surface area contributed by atoms with Crippen LogP contribution in [0, 0.1) is 17.6 Å². The summed E-state index contributed by atoms with van der Waals surface area (Å²) < 4.78 is 26.7. The number of carbonyl (C=O) groups excluding carboxylic acids is 1. The highest BCUT2D eigenvalue weighted by Gasteiger charge is 2.33. The van der Waals surface area contributed by atoms with Crippen molar-refractivity contribution in [3.8, 4) is 0 Å². The van der Waals surface area contributed by atoms with Gasteiger partial charge in [-0.3, -0.25) is 4.79 Å². The lowest BCUT2D eigenvalue weighted by molar-refractivity contribution is -0.133. The minimum Gasteiger partial charge on any atom is -0.335 e. The molecule has 1 aromatic carbocycles. The molecule has 112 valence electrons. The molecule has 0 saturated heterocycles. The van der Waals surface area contributed by atoms with Crippen LogP contribution in [-0.4, -0.2) is 16.8 Å². The van der Waals surface area contributed by atoms with Crippen molar-refractivity contribution in [3.05, 3.63) is 47.5 Å². The second-order valence-electron chi connectivity index (χ2n) is 5.96. The van der Waals surface area contributed by atoms with Crippen LogP contribution < -0.4 is 0 Å². The Labute approximate surface area is 123 Å². The number of benzene rings is 1. The summed E-state index contributed by atoms with van der Waals surface area (Å²) in [6, 6.07) is 3.79. The van der Waals surface area contributed by atoms with Crippen LogP contribution in [-0.2, 0) is 11.3 Å². The van der Waals surface area contributed by atoms with Crippen LogP contribution in [0.25, 0.3) is 0 Å². The first-order valence-electron chi connectivity index (χ1n) is 7.53. The molecule has 0 bridgehead atoms. The summed E-state index contributed by atoms with van der Waals surface area (Å²) in [7, 11) is 0. The van der Waals surface area contributed by atoms with Crippen molar-refractivity contribution in [2.75, 3.05) is 0 Å². The number of allylic oxidation sites excluding steroid dienone is 2. The highest BCUT2D eigenvalue weighted by molar-refractivity contribution is 5.77. The number of nitrogens with zero attached hydrogens (tertiary/aromatic N) is 1. The minimum atomic E-state index is -0.586. The molecule has 0 radical (unpaired) electrons. The fourth-order valence-corrected chi connectivity index (χ4v) is 2.85. The molecule has 0 aliphatic heterocycles. The quantitative estimate of drug-likeness (QED) is 0.755. The molecule has 1 fully saturated rings. The summed E-state index contributed by atoms with van der Waals surface area (Å²) in [6.07, 6.45) is 8.73. The lowest BCUT2D eigenvalue weighted by atomic mass is 10.0. The van der Waals surface area contributed by atoms with Gasteiger partial charge in [0, 0.05) is 30.6 Å². The molecular weight excluding hydrogens is 272 g/mol. The molecule has 1 aromatic rings. The van der Waals surface area contributed by atoms with Crippen molar-refractivity contribution in [1.82, 2.24) is 4.90 Å². The molecule has 4 heteroatoms. The van der Waals surface area contributed by atoms with E-state index < -0.39 is 11.6 Å². The van der Waals surface area contributed by atoms with Crippen LogP contribution in [0.5, 0.6) is 0 Å². The first-order chi connectivity index (χ1) is 10.1. The summed E-state index contributed by atoms with van der Waals surface area (Å²) in [5.74, 6) is -0.763. The molecular formula is C17H19F2NO. The third kappa shape index (κ3) is 3.49. The third-order valence-corrected chi connectivity index (χ3v) is 4.21. The van der Waals surface area contributed by atoms with Gasteiger partial charge in [-0.2, -0.15) is 0 Å². The Bertz CT molecular complexity index is 566. The average Bonchev–Trinajstić information content (AvgIpc) is 3.15. The molecule has 3 rings (SSSR count). The summed E-state index contributed by atoms with van der Waals surface area (Å²) in [4.78, 5) is 14.2. The normalized spacial score (nSPS) is 20.8. The SMILES string of the molecule is O=C(CC1C=CCC1)N(Cc1ccc(F)cc1F)C1CC1. The van der Waals surface area contributed by atoms with Gasteiger partial charge in [0.05, 0.1) is 0 Å². The van der Waals surface area contributed by atoms with E-state index in [0.717, 1.165) is 31.7 Å². The molecule has 2 aliphatic rings. The third-order valence-electron chi connectivity index (χ3n) is 4.21. The smallest absolute Gasteiger partial charge is 0.223 e. The minimum absolute atomic E-state index is 0.0813. The van der Waals surface area contributed by atoms with E-state index in [0.29, 0.717) is 17.9 Å². The van der Waals surface area contributed by atoms with Crippen molar-refractivity contribution < 1.29 is 13.6 Å². The second kappa shape index (κ2) is 5.96. The number of hydrogen-bond acceptors (Lipinski definition) is 1. The summed E-state index contributed by atoms with van der Waals surface area (Å²) in [6.45, 7) is 0.242. The molecule has 1 saturated carbocycles. The molecule has 0 spiro atoms. The fraction of sp³-hybridized carbons (Fsp3) is 0.471. The summed E-state index contributed by atoms with van der Waals surface area (Å²) in [5.41, 5.74) is 0.388. The zero-order valence-electron chi connectivity index (χ0n) is 11.9. The Morgan fingerprint density at radius 3 is 2.67 bits per heavy atom. The number of carbonyl (C=O) groups is 1. The largest absolute Gasteiger partial charge is 0.335 e. The van der Waals surface area contributed by atoms with E-state index in [4.69, 9.17) is 0 Å². The molecule has 0 aromatic heterocycles. The Hall–Kier alpha value is -1.71. The topological polar surface area (TPSA) is 20.3 Å². The van der Waals surface area contributed by atoms with Gasteiger partial charge in [-0.1, -0.05) is 18.2 Å². The molecule has 2 nitrogen and oxygen atoms in total. The molecule has 1 amide bonds. The van der Waals surface area contributed by atoms with E-state index in [1.54, 1.807) is 4.90 Å². The molecule has 0 heterocycles. The predicted octanol–water partition coefficient (Wildman–Crippen LogP) is 3.81. The number of hydrogen-bond donors (Lipinski definition) is 0. The van der Waals surface area contributed by atoms with E-state index in [1.807, 2.05) is 0 Å². The van der Waals surface area contributed by atoms with Crippen LogP contribution >= 0.6 is 0 Å². The van der Waals surface area contributed by atoms with E-state index in [-0.39, 0.29) is 18.5 Å². The lowest BCUT2D eigenvalue weighted by Gasteiger charge is -2.24. The lowest BCUT2D eigenvalue weighted by Crippen LogP contribution is -2.33. The fourth-order valence-electron chi connectivity index (χ4n) is 2.85. The van der Waals surface area contributed by atoms with Gasteiger partial charge in [0.1, 0.15) is 11.6 Å². The first-order valence-corrected chi connectivity index (χ1v) is 7.53. The predicted molar refractivity (Wildman–Crippen MR) is 76.4 cm³/mol. The molecule has 1 atom stereocenters. The van der Waals surface area contributed by atoms with Gasteiger partial charge in [0.15, 0.2) is 0 Å². The van der Waals surface area contributed by atoms with Crippen LogP contribution in [0.2, 0.25) is 0 Å². The van der Waals surface area contributed by atoms with Crippen LogP contribution in [0.15, 0.2) is 30.4 Å². The van der Waals surface area contributed by atoms with Gasteiger partial charge < -0.3 is 4.90 Å². The Kier molecular flexibility index (Phi) is 4.04. The number of halogens is 2. The van der Waals surface area contributed by atoms with Gasteiger partial charge in [-0.05, 0) is 37.7 Å².